The molecule has 3 atom stereocenters. The molecule has 7 heteroatoms. The molecule has 2 bridgehead atoms. The standard InChI is InChI=1S/C19H22FN3O3/c1-11-15(19(26)23(21-11)14-4-2-13(20)3-5-14)6-7-18(25)22-10-12-8-16(22)17(24)9-12/h2-5,12,16-17,21,24H,6-10H2,1H3/t12-,16+,17+/m0/s1. The van der Waals surface area contributed by atoms with E-state index in [1.54, 1.807) is 11.8 Å². The van der Waals surface area contributed by atoms with Crippen LogP contribution in [-0.4, -0.2) is 44.4 Å². The van der Waals surface area contributed by atoms with Crippen molar-refractivity contribution in [3.05, 3.63) is 51.7 Å². The molecule has 1 amide bonds. The first-order valence-electron chi connectivity index (χ1n) is 8.98. The summed E-state index contributed by atoms with van der Waals surface area (Å²) in [5.41, 5.74) is 1.60. The van der Waals surface area contributed by atoms with Gasteiger partial charge in [0.05, 0.1) is 17.8 Å². The summed E-state index contributed by atoms with van der Waals surface area (Å²) in [4.78, 5) is 27.0. The van der Waals surface area contributed by atoms with Gasteiger partial charge in [-0.1, -0.05) is 0 Å². The molecule has 1 aromatic carbocycles. The molecule has 2 fully saturated rings. The summed E-state index contributed by atoms with van der Waals surface area (Å²) in [5, 5.41) is 13.0. The molecule has 138 valence electrons. The van der Waals surface area contributed by atoms with Crippen LogP contribution in [0.5, 0.6) is 0 Å². The van der Waals surface area contributed by atoms with Crippen LogP contribution < -0.4 is 5.56 Å². The fourth-order valence-corrected chi connectivity index (χ4v) is 4.30. The van der Waals surface area contributed by atoms with Gasteiger partial charge in [0.25, 0.3) is 5.56 Å². The van der Waals surface area contributed by atoms with E-state index in [2.05, 4.69) is 5.10 Å². The molecular formula is C19H22FN3O3. The van der Waals surface area contributed by atoms with Crippen molar-refractivity contribution in [2.75, 3.05) is 6.54 Å². The number of aromatic nitrogens is 2. The molecule has 1 aliphatic heterocycles. The van der Waals surface area contributed by atoms with Crippen LogP contribution in [0.2, 0.25) is 0 Å². The zero-order valence-corrected chi connectivity index (χ0v) is 14.6. The van der Waals surface area contributed by atoms with Gasteiger partial charge in [-0.2, -0.15) is 0 Å². The first-order chi connectivity index (χ1) is 12.4. The van der Waals surface area contributed by atoms with E-state index in [4.69, 9.17) is 0 Å². The van der Waals surface area contributed by atoms with E-state index in [-0.39, 0.29) is 29.7 Å². The minimum absolute atomic E-state index is 0.00965. The van der Waals surface area contributed by atoms with E-state index in [0.717, 1.165) is 12.8 Å². The summed E-state index contributed by atoms with van der Waals surface area (Å²) in [5.74, 6) is 0.0335. The molecule has 2 aromatic rings. The number of likely N-dealkylation sites (tertiary alicyclic amines) is 1. The number of fused-ring (bicyclic) bond motifs is 2. The monoisotopic (exact) mass is 359 g/mol. The smallest absolute Gasteiger partial charge is 0.274 e. The molecule has 0 spiro atoms. The summed E-state index contributed by atoms with van der Waals surface area (Å²) in [6, 6.07) is 5.60. The maximum Gasteiger partial charge on any atom is 0.274 e. The number of nitrogens with one attached hydrogen (secondary N) is 1. The quantitative estimate of drug-likeness (QED) is 0.869. The minimum atomic E-state index is -0.414. The number of hydrogen-bond acceptors (Lipinski definition) is 3. The Morgan fingerprint density at radius 2 is 2.04 bits per heavy atom. The Balaban J connectivity index is 1.48. The van der Waals surface area contributed by atoms with Crippen LogP contribution in [0.15, 0.2) is 29.1 Å². The predicted molar refractivity (Wildman–Crippen MR) is 93.6 cm³/mol. The van der Waals surface area contributed by atoms with Crippen molar-refractivity contribution in [1.29, 1.82) is 0 Å². The highest BCUT2D eigenvalue weighted by atomic mass is 19.1. The number of aryl methyl sites for hydroxylation is 1. The van der Waals surface area contributed by atoms with Gasteiger partial charge in [0, 0.05) is 24.2 Å². The van der Waals surface area contributed by atoms with Crippen LogP contribution in [-0.2, 0) is 11.2 Å². The number of halogens is 1. The Morgan fingerprint density at radius 3 is 2.69 bits per heavy atom. The highest BCUT2D eigenvalue weighted by molar-refractivity contribution is 5.77. The van der Waals surface area contributed by atoms with Crippen LogP contribution in [0.25, 0.3) is 5.69 Å². The largest absolute Gasteiger partial charge is 0.391 e. The van der Waals surface area contributed by atoms with Crippen LogP contribution in [0.1, 0.15) is 30.5 Å². The second-order valence-corrected chi connectivity index (χ2v) is 7.35. The van der Waals surface area contributed by atoms with Crippen molar-refractivity contribution in [1.82, 2.24) is 14.7 Å². The Morgan fingerprint density at radius 1 is 1.31 bits per heavy atom. The second-order valence-electron chi connectivity index (χ2n) is 7.35. The van der Waals surface area contributed by atoms with Gasteiger partial charge in [-0.05, 0) is 56.4 Å². The average Bonchev–Trinajstić information content (AvgIpc) is 3.27. The Kier molecular flexibility index (Phi) is 4.19. The summed E-state index contributed by atoms with van der Waals surface area (Å²) >= 11 is 0. The van der Waals surface area contributed by atoms with Crippen LogP contribution in [0, 0.1) is 18.7 Å². The molecule has 1 aromatic heterocycles. The van der Waals surface area contributed by atoms with Gasteiger partial charge >= 0.3 is 0 Å². The third-order valence-corrected chi connectivity index (χ3v) is 5.64. The van der Waals surface area contributed by atoms with Crippen LogP contribution >= 0.6 is 0 Å². The zero-order chi connectivity index (χ0) is 18.4. The van der Waals surface area contributed by atoms with Crippen LogP contribution in [0.3, 0.4) is 0 Å². The fraction of sp³-hybridized carbons (Fsp3) is 0.474. The third-order valence-electron chi connectivity index (χ3n) is 5.64. The first-order valence-corrected chi connectivity index (χ1v) is 8.98. The molecule has 6 nitrogen and oxygen atoms in total. The number of rotatable bonds is 4. The Labute approximate surface area is 150 Å². The zero-order valence-electron chi connectivity index (χ0n) is 14.6. The molecule has 26 heavy (non-hydrogen) atoms. The number of amides is 1. The van der Waals surface area contributed by atoms with Gasteiger partial charge in [-0.25, -0.2) is 9.07 Å². The number of piperidine rings is 1. The predicted octanol–water partition coefficient (Wildman–Crippen LogP) is 1.53. The number of carbonyl (C=O) groups is 1. The van der Waals surface area contributed by atoms with E-state index in [1.165, 1.54) is 28.9 Å². The number of hydrogen-bond donors (Lipinski definition) is 2. The molecule has 4 rings (SSSR count). The van der Waals surface area contributed by atoms with Crippen molar-refractivity contribution in [3.8, 4) is 5.69 Å². The first kappa shape index (κ1) is 17.0. The van der Waals surface area contributed by atoms with Gasteiger partial charge in [-0.15, -0.1) is 0 Å². The summed E-state index contributed by atoms with van der Waals surface area (Å²) in [7, 11) is 0. The molecular weight excluding hydrogens is 337 g/mol. The summed E-state index contributed by atoms with van der Waals surface area (Å²) in [6.45, 7) is 2.51. The SMILES string of the molecule is Cc1[nH]n(-c2ccc(F)cc2)c(=O)c1CCC(=O)N1C[C@@H]2C[C@@H](O)[C@H]1C2. The number of carbonyl (C=O) groups excluding carboxylic acids is 1. The van der Waals surface area contributed by atoms with Crippen LogP contribution in [0.4, 0.5) is 4.39 Å². The van der Waals surface area contributed by atoms with Gasteiger partial charge in [0.1, 0.15) is 5.82 Å². The minimum Gasteiger partial charge on any atom is -0.391 e. The van der Waals surface area contributed by atoms with Gasteiger partial charge < -0.3 is 10.0 Å². The lowest BCUT2D eigenvalue weighted by molar-refractivity contribution is -0.135. The topological polar surface area (TPSA) is 78.3 Å². The maximum absolute atomic E-state index is 13.1. The summed E-state index contributed by atoms with van der Waals surface area (Å²) < 4.78 is 14.5. The third kappa shape index (κ3) is 2.86. The molecule has 1 saturated carbocycles. The van der Waals surface area contributed by atoms with Crippen molar-refractivity contribution < 1.29 is 14.3 Å². The number of benzene rings is 1. The molecule has 2 heterocycles. The van der Waals surface area contributed by atoms with E-state index >= 15 is 0 Å². The number of nitrogens with zero attached hydrogens (tertiary/aromatic N) is 2. The number of H-pyrrole nitrogens is 1. The van der Waals surface area contributed by atoms with E-state index in [0.29, 0.717) is 35.8 Å². The normalized spacial score (nSPS) is 24.4. The number of aliphatic hydroxyl groups excluding tert-OH is 1. The lowest BCUT2D eigenvalue weighted by atomic mass is 10.1. The van der Waals surface area contributed by atoms with Gasteiger partial charge in [0.2, 0.25) is 5.91 Å². The highest BCUT2D eigenvalue weighted by Gasteiger charge is 2.45. The van der Waals surface area contributed by atoms with E-state index < -0.39 is 6.10 Å². The van der Waals surface area contributed by atoms with Crippen molar-refractivity contribution in [2.45, 2.75) is 44.8 Å². The highest BCUT2D eigenvalue weighted by Crippen LogP contribution is 2.38. The van der Waals surface area contributed by atoms with Crippen molar-refractivity contribution in [3.63, 3.8) is 0 Å². The van der Waals surface area contributed by atoms with E-state index in [9.17, 15) is 19.1 Å². The molecule has 1 aliphatic carbocycles. The van der Waals surface area contributed by atoms with Gasteiger partial charge in [-0.3, -0.25) is 14.7 Å². The number of aliphatic hydroxyl groups is 1. The van der Waals surface area contributed by atoms with Crippen molar-refractivity contribution >= 4 is 5.91 Å². The van der Waals surface area contributed by atoms with Crippen molar-refractivity contribution in [2.24, 2.45) is 5.92 Å². The fourth-order valence-electron chi connectivity index (χ4n) is 4.30. The Hall–Kier alpha value is -2.41. The summed E-state index contributed by atoms with van der Waals surface area (Å²) in [6.07, 6.45) is 1.84. The maximum atomic E-state index is 13.1. The molecule has 0 unspecified atom stereocenters. The lowest BCUT2D eigenvalue weighted by Gasteiger charge is -2.30. The lowest BCUT2D eigenvalue weighted by Crippen LogP contribution is -2.44. The molecule has 2 aliphatic rings. The average molecular weight is 359 g/mol. The molecule has 0 radical (unpaired) electrons. The number of aromatic amines is 1. The van der Waals surface area contributed by atoms with Gasteiger partial charge in [0.15, 0.2) is 0 Å². The second kappa shape index (κ2) is 6.39. The Bertz CT molecular complexity index is 886. The van der Waals surface area contributed by atoms with E-state index in [1.807, 2.05) is 0 Å². The molecule has 1 saturated heterocycles. The molecule has 2 N–H and O–H groups in total.